The molecular formula is C27H32N4O3. The molecule has 7 nitrogen and oxygen atoms in total. The molecule has 1 aromatic carbocycles. The van der Waals surface area contributed by atoms with E-state index in [2.05, 4.69) is 34.3 Å². The number of ether oxygens (including phenoxy) is 1. The minimum absolute atomic E-state index is 0.0700. The number of allylic oxidation sites excluding steroid dienone is 1. The summed E-state index contributed by atoms with van der Waals surface area (Å²) < 4.78 is 6.45. The maximum absolute atomic E-state index is 13.0. The first-order chi connectivity index (χ1) is 16.5. The van der Waals surface area contributed by atoms with Crippen molar-refractivity contribution in [2.24, 2.45) is 0 Å². The predicted octanol–water partition coefficient (Wildman–Crippen LogP) is 3.62. The molecule has 0 bridgehead atoms. The van der Waals surface area contributed by atoms with E-state index < -0.39 is 6.04 Å². The summed E-state index contributed by atoms with van der Waals surface area (Å²) >= 11 is 0. The summed E-state index contributed by atoms with van der Waals surface area (Å²) in [6, 6.07) is 9.65. The number of fused-ring (bicyclic) bond motifs is 1. The average Bonchev–Trinajstić information content (AvgIpc) is 3.15. The van der Waals surface area contributed by atoms with Crippen LogP contribution in [0.25, 0.3) is 0 Å². The molecular weight excluding hydrogens is 428 g/mol. The van der Waals surface area contributed by atoms with E-state index in [0.29, 0.717) is 31.5 Å². The Morgan fingerprint density at radius 3 is 2.82 bits per heavy atom. The van der Waals surface area contributed by atoms with E-state index in [0.717, 1.165) is 47.5 Å². The largest absolute Gasteiger partial charge is 0.489 e. The number of piperidine rings is 1. The van der Waals surface area contributed by atoms with Crippen molar-refractivity contribution in [1.82, 2.24) is 20.5 Å². The summed E-state index contributed by atoms with van der Waals surface area (Å²) in [6.07, 6.45) is 7.66. The van der Waals surface area contributed by atoms with Gasteiger partial charge in [-0.25, -0.2) is 0 Å². The minimum atomic E-state index is -0.447. The van der Waals surface area contributed by atoms with Gasteiger partial charge in [0.2, 0.25) is 5.91 Å². The van der Waals surface area contributed by atoms with Gasteiger partial charge in [-0.2, -0.15) is 0 Å². The van der Waals surface area contributed by atoms with Crippen molar-refractivity contribution < 1.29 is 14.3 Å². The van der Waals surface area contributed by atoms with Crippen LogP contribution in [0.2, 0.25) is 0 Å². The maximum Gasteiger partial charge on any atom is 0.255 e. The third-order valence-corrected chi connectivity index (χ3v) is 7.12. The smallest absolute Gasteiger partial charge is 0.255 e. The van der Waals surface area contributed by atoms with E-state index in [1.165, 1.54) is 6.42 Å². The number of nitrogens with zero attached hydrogens (tertiary/aromatic N) is 2. The van der Waals surface area contributed by atoms with E-state index in [9.17, 15) is 9.59 Å². The Morgan fingerprint density at radius 2 is 2.03 bits per heavy atom. The number of nitrogens with one attached hydrogen (secondary N) is 2. The van der Waals surface area contributed by atoms with Crippen molar-refractivity contribution in [2.45, 2.75) is 76.7 Å². The van der Waals surface area contributed by atoms with Gasteiger partial charge in [0.05, 0.1) is 5.69 Å². The molecule has 1 unspecified atom stereocenters. The fourth-order valence-corrected chi connectivity index (χ4v) is 5.19. The summed E-state index contributed by atoms with van der Waals surface area (Å²) in [5.74, 6) is 0.548. The van der Waals surface area contributed by atoms with Crippen LogP contribution in [0.15, 0.2) is 48.8 Å². The zero-order chi connectivity index (χ0) is 23.7. The Hall–Kier alpha value is -3.19. The number of benzene rings is 1. The molecule has 1 aromatic heterocycles. The SMILES string of the molecule is C=C1CCC(N2Cc3cc(O[C@@H]4CCCC[C@@H]4NCc4ccc(C)cn4)ccc3C2=O)C(=O)N1. The molecule has 3 aliphatic rings. The van der Waals surface area contributed by atoms with Gasteiger partial charge in [0, 0.05) is 36.6 Å². The number of pyridine rings is 1. The number of aromatic nitrogens is 1. The van der Waals surface area contributed by atoms with Crippen molar-refractivity contribution in [3.8, 4) is 5.75 Å². The summed E-state index contributed by atoms with van der Waals surface area (Å²) in [7, 11) is 0. The molecule has 1 saturated heterocycles. The van der Waals surface area contributed by atoms with Gasteiger partial charge in [0.25, 0.3) is 5.91 Å². The number of amides is 2. The first-order valence-electron chi connectivity index (χ1n) is 12.2. The van der Waals surface area contributed by atoms with Crippen molar-refractivity contribution in [3.05, 3.63) is 71.2 Å². The fraction of sp³-hybridized carbons (Fsp3) is 0.444. The van der Waals surface area contributed by atoms with Crippen LogP contribution in [0.3, 0.4) is 0 Å². The number of rotatable bonds is 6. The lowest BCUT2D eigenvalue weighted by molar-refractivity contribution is -0.126. The predicted molar refractivity (Wildman–Crippen MR) is 129 cm³/mol. The summed E-state index contributed by atoms with van der Waals surface area (Å²) in [6.45, 7) is 7.02. The summed E-state index contributed by atoms with van der Waals surface area (Å²) in [4.78, 5) is 31.6. The highest BCUT2D eigenvalue weighted by Gasteiger charge is 2.38. The third kappa shape index (κ3) is 4.71. The molecule has 2 aromatic rings. The van der Waals surface area contributed by atoms with Gasteiger partial charge in [-0.3, -0.25) is 14.6 Å². The van der Waals surface area contributed by atoms with Crippen LogP contribution >= 0.6 is 0 Å². The van der Waals surface area contributed by atoms with Crippen molar-refractivity contribution in [3.63, 3.8) is 0 Å². The highest BCUT2D eigenvalue weighted by atomic mass is 16.5. The lowest BCUT2D eigenvalue weighted by Crippen LogP contribution is -2.49. The summed E-state index contributed by atoms with van der Waals surface area (Å²) in [5.41, 5.74) is 4.49. The van der Waals surface area contributed by atoms with Crippen LogP contribution in [-0.2, 0) is 17.9 Å². The van der Waals surface area contributed by atoms with Crippen LogP contribution in [0.1, 0.15) is 65.7 Å². The van der Waals surface area contributed by atoms with Gasteiger partial charge >= 0.3 is 0 Å². The highest BCUT2D eigenvalue weighted by Crippen LogP contribution is 2.32. The second-order valence-corrected chi connectivity index (χ2v) is 9.65. The lowest BCUT2D eigenvalue weighted by Gasteiger charge is -2.32. The van der Waals surface area contributed by atoms with E-state index in [4.69, 9.17) is 4.74 Å². The molecule has 1 aliphatic carbocycles. The number of carbonyl (C=O) groups is 2. The van der Waals surface area contributed by atoms with Gasteiger partial charge in [0.15, 0.2) is 0 Å². The molecule has 2 aliphatic heterocycles. The van der Waals surface area contributed by atoms with Crippen LogP contribution in [0, 0.1) is 6.92 Å². The number of aryl methyl sites for hydroxylation is 1. The van der Waals surface area contributed by atoms with E-state index in [1.807, 2.05) is 31.3 Å². The zero-order valence-electron chi connectivity index (χ0n) is 19.7. The van der Waals surface area contributed by atoms with Gasteiger partial charge < -0.3 is 20.3 Å². The van der Waals surface area contributed by atoms with Crippen LogP contribution in [0.4, 0.5) is 0 Å². The topological polar surface area (TPSA) is 83.6 Å². The molecule has 3 heterocycles. The monoisotopic (exact) mass is 460 g/mol. The Kier molecular flexibility index (Phi) is 6.37. The number of hydrogen-bond donors (Lipinski definition) is 2. The summed E-state index contributed by atoms with van der Waals surface area (Å²) in [5, 5.41) is 6.43. The second kappa shape index (κ2) is 9.58. The molecule has 2 fully saturated rings. The number of hydrogen-bond acceptors (Lipinski definition) is 5. The first-order valence-corrected chi connectivity index (χ1v) is 12.2. The fourth-order valence-electron chi connectivity index (χ4n) is 5.19. The first kappa shape index (κ1) is 22.6. The average molecular weight is 461 g/mol. The Labute approximate surface area is 200 Å². The number of carbonyl (C=O) groups excluding carboxylic acids is 2. The molecule has 0 radical (unpaired) electrons. The standard InChI is InChI=1S/C27H32N4O3/c1-17-7-9-20(28-14-17)15-29-23-5-3-4-6-25(23)34-21-10-11-22-19(13-21)16-31(27(22)33)24-12-8-18(2)30-26(24)32/h7,9-11,13-14,23-25,29H,2-6,8,12,15-16H2,1H3,(H,30,32)/t23-,24?,25+/m0/s1. The van der Waals surface area contributed by atoms with Crippen LogP contribution < -0.4 is 15.4 Å². The normalized spacial score (nSPS) is 24.7. The zero-order valence-corrected chi connectivity index (χ0v) is 19.7. The van der Waals surface area contributed by atoms with E-state index >= 15 is 0 Å². The Morgan fingerprint density at radius 1 is 1.18 bits per heavy atom. The van der Waals surface area contributed by atoms with Gasteiger partial charge in [-0.05, 0) is 74.4 Å². The van der Waals surface area contributed by atoms with E-state index in [1.54, 1.807) is 4.90 Å². The van der Waals surface area contributed by atoms with Crippen LogP contribution in [0.5, 0.6) is 5.75 Å². The molecule has 1 saturated carbocycles. The molecule has 0 spiro atoms. The van der Waals surface area contributed by atoms with Crippen molar-refractivity contribution in [1.29, 1.82) is 0 Å². The second-order valence-electron chi connectivity index (χ2n) is 9.65. The van der Waals surface area contributed by atoms with Gasteiger partial charge in [-0.1, -0.05) is 19.1 Å². The molecule has 5 rings (SSSR count). The van der Waals surface area contributed by atoms with Crippen LogP contribution in [-0.4, -0.2) is 39.9 Å². The quantitative estimate of drug-likeness (QED) is 0.688. The van der Waals surface area contributed by atoms with E-state index in [-0.39, 0.29) is 24.0 Å². The highest BCUT2D eigenvalue weighted by molar-refractivity contribution is 6.01. The van der Waals surface area contributed by atoms with Crippen molar-refractivity contribution >= 4 is 11.8 Å². The Bertz CT molecular complexity index is 1100. The lowest BCUT2D eigenvalue weighted by atomic mass is 9.92. The minimum Gasteiger partial charge on any atom is -0.489 e. The Balaban J connectivity index is 1.24. The molecule has 34 heavy (non-hydrogen) atoms. The van der Waals surface area contributed by atoms with Gasteiger partial charge in [0.1, 0.15) is 17.9 Å². The van der Waals surface area contributed by atoms with Gasteiger partial charge in [-0.15, -0.1) is 0 Å². The maximum atomic E-state index is 13.0. The molecule has 178 valence electrons. The van der Waals surface area contributed by atoms with Crippen molar-refractivity contribution in [2.75, 3.05) is 0 Å². The third-order valence-electron chi connectivity index (χ3n) is 7.12. The molecule has 2 N–H and O–H groups in total. The molecule has 7 heteroatoms. The molecule has 2 amide bonds. The molecule has 3 atom stereocenters.